The van der Waals surface area contributed by atoms with Crippen LogP contribution in [-0.2, 0) is 6.54 Å². The molecule has 2 aromatic rings. The molecule has 0 amide bonds. The Bertz CT molecular complexity index is 524. The van der Waals surface area contributed by atoms with Crippen LogP contribution >= 0.6 is 11.6 Å². The Labute approximate surface area is 91.2 Å². The average Bonchev–Trinajstić information content (AvgIpc) is 2.22. The van der Waals surface area contributed by atoms with Gasteiger partial charge in [0.2, 0.25) is 0 Å². The minimum atomic E-state index is -0.153. The summed E-state index contributed by atoms with van der Waals surface area (Å²) in [4.78, 5) is 15.4. The Morgan fingerprint density at radius 2 is 2.13 bits per heavy atom. The minimum absolute atomic E-state index is 0.153. The summed E-state index contributed by atoms with van der Waals surface area (Å²) < 4.78 is 1.33. The van der Waals surface area contributed by atoms with Crippen molar-refractivity contribution in [2.75, 3.05) is 0 Å². The van der Waals surface area contributed by atoms with Crippen LogP contribution in [0.25, 0.3) is 0 Å². The van der Waals surface area contributed by atoms with Gasteiger partial charge in [-0.1, -0.05) is 17.7 Å². The molecule has 2 rings (SSSR count). The van der Waals surface area contributed by atoms with Gasteiger partial charge in [-0.25, -0.2) is 9.67 Å². The maximum absolute atomic E-state index is 11.3. The van der Waals surface area contributed by atoms with Gasteiger partial charge in [0.05, 0.1) is 12.2 Å². The molecule has 2 aromatic heterocycles. The van der Waals surface area contributed by atoms with Crippen LogP contribution in [0.2, 0.25) is 5.15 Å². The van der Waals surface area contributed by atoms with Gasteiger partial charge in [0, 0.05) is 12.3 Å². The largest absolute Gasteiger partial charge is 0.268 e. The Morgan fingerprint density at radius 3 is 2.87 bits per heavy atom. The minimum Gasteiger partial charge on any atom is -0.268 e. The second-order valence-electron chi connectivity index (χ2n) is 2.97. The number of aromatic nitrogens is 3. The molecule has 0 saturated carbocycles. The Morgan fingerprint density at radius 1 is 1.27 bits per heavy atom. The molecular weight excluding hydrogens is 214 g/mol. The summed E-state index contributed by atoms with van der Waals surface area (Å²) in [5.41, 5.74) is 0.558. The third-order valence-corrected chi connectivity index (χ3v) is 2.08. The molecule has 15 heavy (non-hydrogen) atoms. The van der Waals surface area contributed by atoms with Crippen molar-refractivity contribution in [1.82, 2.24) is 14.8 Å². The number of nitrogens with zero attached hydrogens (tertiary/aromatic N) is 3. The van der Waals surface area contributed by atoms with Crippen molar-refractivity contribution in [1.29, 1.82) is 0 Å². The predicted octanol–water partition coefficient (Wildman–Crippen LogP) is 1.34. The second-order valence-corrected chi connectivity index (χ2v) is 3.36. The van der Waals surface area contributed by atoms with Gasteiger partial charge in [0.25, 0.3) is 5.56 Å². The molecule has 0 atom stereocenters. The smallest absolute Gasteiger partial charge is 0.267 e. The van der Waals surface area contributed by atoms with Crippen molar-refractivity contribution in [2.45, 2.75) is 6.54 Å². The zero-order valence-electron chi connectivity index (χ0n) is 7.80. The van der Waals surface area contributed by atoms with Gasteiger partial charge < -0.3 is 0 Å². The third kappa shape index (κ3) is 2.41. The van der Waals surface area contributed by atoms with E-state index in [4.69, 9.17) is 11.6 Å². The number of pyridine rings is 1. The van der Waals surface area contributed by atoms with Crippen LogP contribution in [0.1, 0.15) is 5.69 Å². The van der Waals surface area contributed by atoms with Crippen LogP contribution in [0, 0.1) is 0 Å². The van der Waals surface area contributed by atoms with Crippen LogP contribution < -0.4 is 5.56 Å². The standard InChI is InChI=1S/C10H8ClN3O/c11-9-4-1-3-8(13-9)7-14-10(15)5-2-6-12-14/h1-6H,7H2. The van der Waals surface area contributed by atoms with Crippen LogP contribution in [0.15, 0.2) is 41.3 Å². The van der Waals surface area contributed by atoms with Crippen molar-refractivity contribution < 1.29 is 0 Å². The average molecular weight is 222 g/mol. The summed E-state index contributed by atoms with van der Waals surface area (Å²) in [7, 11) is 0. The summed E-state index contributed by atoms with van der Waals surface area (Å²) in [6.07, 6.45) is 1.56. The van der Waals surface area contributed by atoms with E-state index in [0.717, 1.165) is 0 Å². The Balaban J connectivity index is 2.30. The lowest BCUT2D eigenvalue weighted by Gasteiger charge is -2.02. The van der Waals surface area contributed by atoms with Crippen molar-refractivity contribution >= 4 is 11.6 Å². The maximum atomic E-state index is 11.3. The topological polar surface area (TPSA) is 47.8 Å². The molecule has 0 fully saturated rings. The van der Waals surface area contributed by atoms with Crippen LogP contribution in [0.5, 0.6) is 0 Å². The van der Waals surface area contributed by atoms with Gasteiger partial charge in [-0.3, -0.25) is 4.79 Å². The Kier molecular flexibility index (Phi) is 2.78. The normalized spacial score (nSPS) is 10.2. The molecule has 76 valence electrons. The molecule has 0 bridgehead atoms. The lowest BCUT2D eigenvalue weighted by atomic mass is 10.3. The van der Waals surface area contributed by atoms with E-state index in [1.807, 2.05) is 0 Å². The SMILES string of the molecule is O=c1cccnn1Cc1cccc(Cl)n1. The third-order valence-electron chi connectivity index (χ3n) is 1.87. The molecule has 0 saturated heterocycles. The first-order valence-electron chi connectivity index (χ1n) is 4.39. The molecule has 5 heteroatoms. The molecule has 0 aromatic carbocycles. The summed E-state index contributed by atoms with van der Waals surface area (Å²) >= 11 is 5.73. The fourth-order valence-electron chi connectivity index (χ4n) is 1.20. The highest BCUT2D eigenvalue weighted by atomic mass is 35.5. The molecule has 0 aliphatic carbocycles. The number of hydrogen-bond acceptors (Lipinski definition) is 3. The zero-order valence-corrected chi connectivity index (χ0v) is 8.55. The first-order valence-corrected chi connectivity index (χ1v) is 4.77. The zero-order chi connectivity index (χ0) is 10.7. The van der Waals surface area contributed by atoms with Gasteiger partial charge in [-0.15, -0.1) is 0 Å². The highest BCUT2D eigenvalue weighted by Gasteiger charge is 1.99. The van der Waals surface area contributed by atoms with Crippen molar-refractivity contribution in [3.63, 3.8) is 0 Å². The first-order chi connectivity index (χ1) is 7.25. The summed E-state index contributed by atoms with van der Waals surface area (Å²) in [6.45, 7) is 0.334. The highest BCUT2D eigenvalue weighted by Crippen LogP contribution is 2.05. The van der Waals surface area contributed by atoms with Crippen LogP contribution in [0.4, 0.5) is 0 Å². The predicted molar refractivity (Wildman–Crippen MR) is 56.8 cm³/mol. The Hall–Kier alpha value is -1.68. The van der Waals surface area contributed by atoms with Gasteiger partial charge >= 0.3 is 0 Å². The summed E-state index contributed by atoms with van der Waals surface area (Å²) in [5, 5.41) is 4.34. The van der Waals surface area contributed by atoms with E-state index in [1.54, 1.807) is 30.5 Å². The molecule has 0 spiro atoms. The quantitative estimate of drug-likeness (QED) is 0.719. The van der Waals surface area contributed by atoms with E-state index < -0.39 is 0 Å². The van der Waals surface area contributed by atoms with Gasteiger partial charge in [0.15, 0.2) is 0 Å². The lowest BCUT2D eigenvalue weighted by Crippen LogP contribution is -2.22. The van der Waals surface area contributed by atoms with E-state index in [1.165, 1.54) is 10.7 Å². The fourth-order valence-corrected chi connectivity index (χ4v) is 1.38. The van der Waals surface area contributed by atoms with E-state index in [2.05, 4.69) is 10.1 Å². The molecule has 2 heterocycles. The van der Waals surface area contributed by atoms with Gasteiger partial charge in [-0.2, -0.15) is 5.10 Å². The second kappa shape index (κ2) is 4.23. The number of hydrogen-bond donors (Lipinski definition) is 0. The number of halogens is 1. The molecular formula is C10H8ClN3O. The van der Waals surface area contributed by atoms with E-state index in [-0.39, 0.29) is 5.56 Å². The van der Waals surface area contributed by atoms with Crippen LogP contribution in [0.3, 0.4) is 0 Å². The molecule has 0 aliphatic rings. The molecule has 0 unspecified atom stereocenters. The van der Waals surface area contributed by atoms with Crippen molar-refractivity contribution in [3.05, 3.63) is 57.7 Å². The fraction of sp³-hybridized carbons (Fsp3) is 0.100. The van der Waals surface area contributed by atoms with Crippen LogP contribution in [-0.4, -0.2) is 14.8 Å². The van der Waals surface area contributed by atoms with E-state index in [9.17, 15) is 4.79 Å². The molecule has 4 nitrogen and oxygen atoms in total. The van der Waals surface area contributed by atoms with E-state index >= 15 is 0 Å². The van der Waals surface area contributed by atoms with Crippen molar-refractivity contribution in [2.24, 2.45) is 0 Å². The summed E-state index contributed by atoms with van der Waals surface area (Å²) in [6, 6.07) is 8.33. The lowest BCUT2D eigenvalue weighted by molar-refractivity contribution is 0.628. The molecule has 0 aliphatic heterocycles. The molecule has 0 N–H and O–H groups in total. The van der Waals surface area contributed by atoms with Gasteiger partial charge in [-0.05, 0) is 18.2 Å². The highest BCUT2D eigenvalue weighted by molar-refractivity contribution is 6.29. The number of rotatable bonds is 2. The monoisotopic (exact) mass is 221 g/mol. The van der Waals surface area contributed by atoms with Crippen molar-refractivity contribution in [3.8, 4) is 0 Å². The maximum Gasteiger partial charge on any atom is 0.267 e. The van der Waals surface area contributed by atoms with E-state index in [0.29, 0.717) is 17.4 Å². The molecule has 0 radical (unpaired) electrons. The van der Waals surface area contributed by atoms with Gasteiger partial charge in [0.1, 0.15) is 5.15 Å². The summed E-state index contributed by atoms with van der Waals surface area (Å²) in [5.74, 6) is 0. The first kappa shape index (κ1) is 9.86.